The summed E-state index contributed by atoms with van der Waals surface area (Å²) < 4.78 is 37.5. The molecular weight excluding hydrogens is 386 g/mol. The van der Waals surface area contributed by atoms with Crippen LogP contribution in [-0.2, 0) is 17.9 Å². The van der Waals surface area contributed by atoms with Crippen LogP contribution in [0.5, 0.6) is 11.5 Å². The smallest absolute Gasteiger partial charge is 0.234 e. The first-order chi connectivity index (χ1) is 13.4. The van der Waals surface area contributed by atoms with E-state index in [4.69, 9.17) is 15.2 Å². The minimum absolute atomic E-state index is 0.0217. The molecule has 2 aromatic carbocycles. The Hall–Kier alpha value is -2.32. The van der Waals surface area contributed by atoms with Crippen LogP contribution in [0.1, 0.15) is 17.5 Å². The lowest BCUT2D eigenvalue weighted by molar-refractivity contribution is -0.120. The molecule has 1 amide bonds. The number of primary amides is 1. The molecule has 0 fully saturated rings. The summed E-state index contributed by atoms with van der Waals surface area (Å²) in [6, 6.07) is 8.06. The van der Waals surface area contributed by atoms with Gasteiger partial charge in [0, 0.05) is 24.2 Å². The Balaban J connectivity index is 2.01. The average molecular weight is 410 g/mol. The second-order valence-electron chi connectivity index (χ2n) is 6.16. The number of thioether (sulfide) groups is 1. The van der Waals surface area contributed by atoms with E-state index in [1.165, 1.54) is 19.2 Å². The van der Waals surface area contributed by atoms with Crippen LogP contribution in [0.3, 0.4) is 0 Å². The van der Waals surface area contributed by atoms with Crippen LogP contribution in [0, 0.1) is 11.6 Å². The van der Waals surface area contributed by atoms with Crippen molar-refractivity contribution < 1.29 is 23.0 Å². The molecular formula is C20H24F2N2O3S. The number of rotatable bonds is 11. The highest BCUT2D eigenvalue weighted by Gasteiger charge is 2.15. The summed E-state index contributed by atoms with van der Waals surface area (Å²) in [7, 11) is 1.53. The van der Waals surface area contributed by atoms with Crippen molar-refractivity contribution in [2.24, 2.45) is 5.73 Å². The molecule has 0 unspecified atom stereocenters. The zero-order valence-electron chi connectivity index (χ0n) is 15.8. The number of amides is 1. The van der Waals surface area contributed by atoms with Gasteiger partial charge in [-0.05, 0) is 42.2 Å². The quantitative estimate of drug-likeness (QED) is 0.595. The van der Waals surface area contributed by atoms with Crippen molar-refractivity contribution in [1.82, 2.24) is 5.32 Å². The van der Waals surface area contributed by atoms with E-state index in [0.717, 1.165) is 17.4 Å². The fourth-order valence-electron chi connectivity index (χ4n) is 2.64. The topological polar surface area (TPSA) is 73.6 Å². The highest BCUT2D eigenvalue weighted by Crippen LogP contribution is 2.25. The second-order valence-corrected chi connectivity index (χ2v) is 7.14. The molecule has 3 N–H and O–H groups in total. The van der Waals surface area contributed by atoms with Crippen molar-refractivity contribution in [3.05, 3.63) is 59.2 Å². The molecule has 0 bridgehead atoms. The standard InChI is InChI=1S/C20H24F2N2O3S/c1-26-19-10-17(27-12-13-7-15(21)9-16(22)8-13)4-3-14(19)11-24-18(20(23)25)5-6-28-2/h3-4,7-10,18,24H,5-6,11-12H2,1-2H3,(H2,23,25)/t18-/m0/s1. The molecule has 2 aromatic rings. The summed E-state index contributed by atoms with van der Waals surface area (Å²) in [6.07, 6.45) is 2.61. The van der Waals surface area contributed by atoms with Crippen molar-refractivity contribution >= 4 is 17.7 Å². The van der Waals surface area contributed by atoms with Crippen molar-refractivity contribution in [3.8, 4) is 11.5 Å². The molecule has 0 radical (unpaired) electrons. The molecule has 0 saturated heterocycles. The van der Waals surface area contributed by atoms with E-state index in [1.54, 1.807) is 30.0 Å². The maximum Gasteiger partial charge on any atom is 0.234 e. The van der Waals surface area contributed by atoms with Crippen LogP contribution < -0.4 is 20.5 Å². The number of halogens is 2. The Morgan fingerprint density at radius 1 is 1.21 bits per heavy atom. The SMILES string of the molecule is COc1cc(OCc2cc(F)cc(F)c2)ccc1CN[C@@H](CCSC)C(N)=O. The van der Waals surface area contributed by atoms with E-state index >= 15 is 0 Å². The van der Waals surface area contributed by atoms with Gasteiger partial charge in [-0.25, -0.2) is 8.78 Å². The zero-order chi connectivity index (χ0) is 20.5. The van der Waals surface area contributed by atoms with Gasteiger partial charge in [0.2, 0.25) is 5.91 Å². The lowest BCUT2D eigenvalue weighted by Crippen LogP contribution is -2.41. The Kier molecular flexibility index (Phi) is 8.53. The number of ether oxygens (including phenoxy) is 2. The molecule has 5 nitrogen and oxygen atoms in total. The zero-order valence-corrected chi connectivity index (χ0v) is 16.7. The van der Waals surface area contributed by atoms with Crippen LogP contribution in [0.4, 0.5) is 8.78 Å². The van der Waals surface area contributed by atoms with Gasteiger partial charge >= 0.3 is 0 Å². The first-order valence-corrected chi connectivity index (χ1v) is 10.1. The van der Waals surface area contributed by atoms with Crippen LogP contribution in [-0.4, -0.2) is 31.1 Å². The minimum atomic E-state index is -0.650. The number of nitrogens with two attached hydrogens (primary N) is 1. The van der Waals surface area contributed by atoms with Gasteiger partial charge in [-0.2, -0.15) is 11.8 Å². The predicted molar refractivity (Wildman–Crippen MR) is 107 cm³/mol. The Morgan fingerprint density at radius 2 is 1.93 bits per heavy atom. The molecule has 0 heterocycles. The molecule has 0 aromatic heterocycles. The van der Waals surface area contributed by atoms with Crippen molar-refractivity contribution in [3.63, 3.8) is 0 Å². The normalized spacial score (nSPS) is 11.9. The summed E-state index contributed by atoms with van der Waals surface area (Å²) in [4.78, 5) is 11.5. The van der Waals surface area contributed by atoms with Gasteiger partial charge in [0.1, 0.15) is 29.7 Å². The average Bonchev–Trinajstić information content (AvgIpc) is 2.65. The highest BCUT2D eigenvalue weighted by atomic mass is 32.2. The number of methoxy groups -OCH3 is 1. The van der Waals surface area contributed by atoms with E-state index < -0.39 is 23.6 Å². The third-order valence-electron chi connectivity index (χ3n) is 4.08. The lowest BCUT2D eigenvalue weighted by Gasteiger charge is -2.17. The van der Waals surface area contributed by atoms with Crippen LogP contribution >= 0.6 is 11.8 Å². The second kappa shape index (κ2) is 10.9. The largest absolute Gasteiger partial charge is 0.496 e. The fraction of sp³-hybridized carbons (Fsp3) is 0.350. The maximum absolute atomic E-state index is 13.3. The van der Waals surface area contributed by atoms with Gasteiger partial charge in [0.15, 0.2) is 0 Å². The summed E-state index contributed by atoms with van der Waals surface area (Å²) in [6.45, 7) is 0.425. The van der Waals surface area contributed by atoms with Crippen LogP contribution in [0.25, 0.3) is 0 Å². The van der Waals surface area contributed by atoms with Crippen molar-refractivity contribution in [1.29, 1.82) is 0 Å². The molecule has 0 aliphatic heterocycles. The van der Waals surface area contributed by atoms with Gasteiger partial charge < -0.3 is 20.5 Å². The summed E-state index contributed by atoms with van der Waals surface area (Å²) in [5, 5.41) is 3.14. The Morgan fingerprint density at radius 3 is 2.54 bits per heavy atom. The molecule has 0 spiro atoms. The van der Waals surface area contributed by atoms with Crippen LogP contribution in [0.15, 0.2) is 36.4 Å². The molecule has 0 saturated carbocycles. The first-order valence-electron chi connectivity index (χ1n) is 8.69. The number of hydrogen-bond acceptors (Lipinski definition) is 5. The first kappa shape index (κ1) is 22.0. The monoisotopic (exact) mass is 410 g/mol. The molecule has 152 valence electrons. The summed E-state index contributed by atoms with van der Waals surface area (Å²) >= 11 is 1.65. The molecule has 8 heteroatoms. The van der Waals surface area contributed by atoms with Gasteiger partial charge in [-0.15, -0.1) is 0 Å². The van der Waals surface area contributed by atoms with Gasteiger partial charge in [-0.3, -0.25) is 4.79 Å². The number of benzene rings is 2. The van der Waals surface area contributed by atoms with E-state index in [-0.39, 0.29) is 6.61 Å². The van der Waals surface area contributed by atoms with Crippen molar-refractivity contribution in [2.45, 2.75) is 25.6 Å². The van der Waals surface area contributed by atoms with Gasteiger partial charge in [0.05, 0.1) is 13.2 Å². The van der Waals surface area contributed by atoms with Gasteiger partial charge in [0.25, 0.3) is 0 Å². The number of hydrogen-bond donors (Lipinski definition) is 2. The highest BCUT2D eigenvalue weighted by molar-refractivity contribution is 7.98. The molecule has 1 atom stereocenters. The predicted octanol–water partition coefficient (Wildman–Crippen LogP) is 3.25. The van der Waals surface area contributed by atoms with E-state index in [0.29, 0.717) is 30.0 Å². The number of carbonyl (C=O) groups is 1. The van der Waals surface area contributed by atoms with E-state index in [2.05, 4.69) is 5.32 Å². The Labute approximate surface area is 167 Å². The fourth-order valence-corrected chi connectivity index (χ4v) is 3.11. The van der Waals surface area contributed by atoms with Gasteiger partial charge in [-0.1, -0.05) is 6.07 Å². The third-order valence-corrected chi connectivity index (χ3v) is 4.72. The van der Waals surface area contributed by atoms with E-state index in [9.17, 15) is 13.6 Å². The molecule has 0 aliphatic carbocycles. The maximum atomic E-state index is 13.3. The van der Waals surface area contributed by atoms with Crippen molar-refractivity contribution in [2.75, 3.05) is 19.1 Å². The third kappa shape index (κ3) is 6.69. The number of nitrogens with one attached hydrogen (secondary N) is 1. The molecule has 2 rings (SSSR count). The summed E-state index contributed by atoms with van der Waals surface area (Å²) in [5.74, 6) is 0.203. The van der Waals surface area contributed by atoms with Crippen LogP contribution in [0.2, 0.25) is 0 Å². The Bertz CT molecular complexity index is 785. The molecule has 0 aliphatic rings. The molecule has 28 heavy (non-hydrogen) atoms. The summed E-state index contributed by atoms with van der Waals surface area (Å²) in [5.41, 5.74) is 6.66. The van der Waals surface area contributed by atoms with E-state index in [1.807, 2.05) is 6.26 Å². The number of carbonyl (C=O) groups excluding carboxylic acids is 1. The lowest BCUT2D eigenvalue weighted by atomic mass is 10.1. The minimum Gasteiger partial charge on any atom is -0.496 e.